The Balaban J connectivity index is -0.000000247. The number of aliphatic carboxylic acids is 5. The van der Waals surface area contributed by atoms with Crippen LogP contribution in [0.15, 0.2) is 0 Å². The molecule has 0 amide bonds. The van der Waals surface area contributed by atoms with Crippen LogP contribution in [0, 0.1) is 0 Å². The zero-order valence-electron chi connectivity index (χ0n) is 24.5. The maximum absolute atomic E-state index is 10.3. The van der Waals surface area contributed by atoms with Gasteiger partial charge in [-0.15, -0.1) is 0 Å². The Morgan fingerprint density at radius 1 is 0.512 bits per heavy atom. The van der Waals surface area contributed by atoms with Crippen molar-refractivity contribution in [3.63, 3.8) is 0 Å². The van der Waals surface area contributed by atoms with Crippen molar-refractivity contribution in [3.05, 3.63) is 0 Å². The second-order valence-electron chi connectivity index (χ2n) is 9.90. The molecule has 0 bridgehead atoms. The van der Waals surface area contributed by atoms with Gasteiger partial charge in [-0.2, -0.15) is 0 Å². The van der Waals surface area contributed by atoms with E-state index in [-0.39, 0.29) is 46.0 Å². The monoisotopic (exact) mass is 773 g/mol. The van der Waals surface area contributed by atoms with Crippen molar-refractivity contribution in [1.82, 2.24) is 0 Å². The molecule has 0 aliphatic heterocycles. The largest absolute Gasteiger partial charge is 0.481 e. The average molecular weight is 774 g/mol. The third-order valence-electron chi connectivity index (χ3n) is 6.10. The van der Waals surface area contributed by atoms with Crippen molar-refractivity contribution in [3.8, 4) is 0 Å². The van der Waals surface area contributed by atoms with Gasteiger partial charge in [-0.1, -0.05) is 96.8 Å². The number of rotatable bonds is 17. The molecule has 0 aromatic heterocycles. The molecule has 0 saturated heterocycles. The first kappa shape index (κ1) is 45.9. The molecule has 13 heteroatoms. The van der Waals surface area contributed by atoms with Crippen LogP contribution in [0.3, 0.4) is 0 Å². The van der Waals surface area contributed by atoms with Crippen molar-refractivity contribution in [1.29, 1.82) is 0 Å². The Kier molecular flexibility index (Phi) is 38.3. The molecule has 246 valence electrons. The third kappa shape index (κ3) is 45.2. The van der Waals surface area contributed by atoms with Gasteiger partial charge >= 0.3 is 29.8 Å². The van der Waals surface area contributed by atoms with Crippen molar-refractivity contribution in [2.45, 2.75) is 147 Å². The van der Waals surface area contributed by atoms with E-state index in [1.165, 1.54) is 83.5 Å². The summed E-state index contributed by atoms with van der Waals surface area (Å²) < 4.78 is 0. The summed E-state index contributed by atoms with van der Waals surface area (Å²) in [5, 5.41) is 39.1. The molecule has 41 heavy (non-hydrogen) atoms. The first-order chi connectivity index (χ1) is 18.8. The summed E-state index contributed by atoms with van der Waals surface area (Å²) in [5.74, 6) is -6.46. The van der Waals surface area contributed by atoms with Gasteiger partial charge < -0.3 is 37.0 Å². The summed E-state index contributed by atoms with van der Waals surface area (Å²) in [6.07, 6.45) is 21.5. The van der Waals surface area contributed by atoms with E-state index in [2.05, 4.69) is 6.92 Å². The molecular weight excluding hydrogens is 719 g/mol. The normalized spacial score (nSPS) is 15.2. The Bertz CT molecular complexity index is 644. The SMILES string of the molecule is CCCCCCCCCCCCCCCC(=O)O.N[C@@H]1CCCC[C@H]1N.O=C(O)C(=O)O.O=C(O)CCC(=O)O.[Pt]. The molecule has 0 aromatic carbocycles. The van der Waals surface area contributed by atoms with Gasteiger partial charge in [0.2, 0.25) is 0 Å². The van der Waals surface area contributed by atoms with Gasteiger partial charge in [0.05, 0.1) is 12.8 Å². The van der Waals surface area contributed by atoms with Gasteiger partial charge in [-0.3, -0.25) is 14.4 Å². The number of nitrogens with two attached hydrogens (primary N) is 2. The molecule has 0 radical (unpaired) electrons. The summed E-state index contributed by atoms with van der Waals surface area (Å²) in [5.41, 5.74) is 11.3. The molecule has 1 aliphatic rings. The number of carbonyl (C=O) groups is 5. The number of carboxylic acids is 5. The third-order valence-corrected chi connectivity index (χ3v) is 6.10. The van der Waals surface area contributed by atoms with E-state index in [0.717, 1.165) is 25.7 Å². The minimum Gasteiger partial charge on any atom is -0.481 e. The van der Waals surface area contributed by atoms with E-state index in [1.807, 2.05) is 0 Å². The number of hydrogen-bond donors (Lipinski definition) is 7. The molecule has 1 aliphatic carbocycles. The molecule has 0 heterocycles. The van der Waals surface area contributed by atoms with E-state index in [1.54, 1.807) is 0 Å². The Labute approximate surface area is 258 Å². The van der Waals surface area contributed by atoms with Crippen molar-refractivity contribution in [2.75, 3.05) is 0 Å². The zero-order valence-corrected chi connectivity index (χ0v) is 26.8. The molecule has 9 N–H and O–H groups in total. The smallest absolute Gasteiger partial charge is 0.414 e. The minimum absolute atomic E-state index is 0. The summed E-state index contributed by atoms with van der Waals surface area (Å²) in [6.45, 7) is 2.26. The van der Waals surface area contributed by atoms with E-state index in [9.17, 15) is 14.4 Å². The fourth-order valence-corrected chi connectivity index (χ4v) is 3.70. The molecule has 0 spiro atoms. The number of hydrogen-bond acceptors (Lipinski definition) is 7. The molecule has 12 nitrogen and oxygen atoms in total. The van der Waals surface area contributed by atoms with Crippen molar-refractivity contribution in [2.24, 2.45) is 11.5 Å². The summed E-state index contributed by atoms with van der Waals surface area (Å²) in [6, 6.07) is 0.562. The van der Waals surface area contributed by atoms with Crippen LogP contribution in [-0.4, -0.2) is 67.5 Å². The Hall–Kier alpha value is -2.04. The second kappa shape index (κ2) is 34.2. The van der Waals surface area contributed by atoms with E-state index in [4.69, 9.17) is 46.6 Å². The van der Waals surface area contributed by atoms with Crippen LogP contribution in [0.5, 0.6) is 0 Å². The maximum atomic E-state index is 10.3. The molecule has 1 rings (SSSR count). The van der Waals surface area contributed by atoms with Gasteiger partial charge in [-0.25, -0.2) is 9.59 Å². The summed E-state index contributed by atoms with van der Waals surface area (Å²) in [7, 11) is 0. The molecule has 1 saturated carbocycles. The summed E-state index contributed by atoms with van der Waals surface area (Å²) in [4.78, 5) is 47.8. The van der Waals surface area contributed by atoms with Gasteiger partial charge in [-0.05, 0) is 19.3 Å². The fraction of sp³-hybridized carbons (Fsp3) is 0.821. The van der Waals surface area contributed by atoms with Crippen LogP contribution in [0.25, 0.3) is 0 Å². The quantitative estimate of drug-likeness (QED) is 0.0775. The molecule has 1 fully saturated rings. The Morgan fingerprint density at radius 3 is 1.00 bits per heavy atom. The van der Waals surface area contributed by atoms with Gasteiger partial charge in [0.25, 0.3) is 0 Å². The average Bonchev–Trinajstić information content (AvgIpc) is 2.88. The first-order valence-corrected chi connectivity index (χ1v) is 14.5. The molecule has 2 atom stereocenters. The predicted octanol–water partition coefficient (Wildman–Crippen LogP) is 4.86. The van der Waals surface area contributed by atoms with E-state index < -0.39 is 29.8 Å². The number of carboxylic acid groups (broad SMARTS) is 5. The van der Waals surface area contributed by atoms with Crippen molar-refractivity contribution >= 4 is 29.8 Å². The number of unbranched alkanes of at least 4 members (excludes halogenated alkanes) is 12. The predicted molar refractivity (Wildman–Crippen MR) is 152 cm³/mol. The molecule has 0 unspecified atom stereocenters. The molecular formula is C28H54N2O10Pt. The van der Waals surface area contributed by atoms with Crippen LogP contribution in [0.2, 0.25) is 0 Å². The van der Waals surface area contributed by atoms with Crippen LogP contribution >= 0.6 is 0 Å². The van der Waals surface area contributed by atoms with Crippen LogP contribution in [0.1, 0.15) is 135 Å². The molecule has 0 aromatic rings. The minimum atomic E-state index is -1.82. The van der Waals surface area contributed by atoms with Gasteiger partial charge in [0.15, 0.2) is 0 Å². The summed E-state index contributed by atoms with van der Waals surface area (Å²) >= 11 is 0. The van der Waals surface area contributed by atoms with Gasteiger partial charge in [0.1, 0.15) is 0 Å². The van der Waals surface area contributed by atoms with Crippen LogP contribution in [-0.2, 0) is 45.0 Å². The standard InChI is InChI=1S/C16H32O2.C6H14N2.C4H6O4.C2H2O4.Pt/c1-2-3-4-5-6-7-8-9-10-11-12-13-14-15-16(17)18;7-5-3-1-2-4-6(5)8;5-3(6)1-2-4(7)8;3-1(4)2(5)6;/h2-15H2,1H3,(H,17,18);5-6H,1-4,7-8H2;1-2H2,(H,5,6)(H,7,8);(H,3,4)(H,5,6);/t;5-,6-;;;/m.1.../s1. The van der Waals surface area contributed by atoms with Crippen LogP contribution in [0.4, 0.5) is 0 Å². The van der Waals surface area contributed by atoms with E-state index >= 15 is 0 Å². The first-order valence-electron chi connectivity index (χ1n) is 14.5. The van der Waals surface area contributed by atoms with E-state index in [0.29, 0.717) is 6.42 Å². The van der Waals surface area contributed by atoms with Crippen molar-refractivity contribution < 1.29 is 70.6 Å². The topological polar surface area (TPSA) is 239 Å². The fourth-order valence-electron chi connectivity index (χ4n) is 3.70. The Morgan fingerprint density at radius 2 is 0.780 bits per heavy atom. The maximum Gasteiger partial charge on any atom is 0.414 e. The zero-order chi connectivity index (χ0) is 31.2. The second-order valence-corrected chi connectivity index (χ2v) is 9.90. The van der Waals surface area contributed by atoms with Gasteiger partial charge in [0, 0.05) is 39.6 Å². The van der Waals surface area contributed by atoms with Crippen LogP contribution < -0.4 is 11.5 Å².